The molecule has 2 unspecified atom stereocenters. The molecule has 0 aliphatic heterocycles. The highest BCUT2D eigenvalue weighted by molar-refractivity contribution is 5.41. The number of hydrogen-bond donors (Lipinski definition) is 1. The highest BCUT2D eigenvalue weighted by Gasteiger charge is 2.25. The van der Waals surface area contributed by atoms with Gasteiger partial charge in [-0.2, -0.15) is 0 Å². The minimum absolute atomic E-state index is 0.377. The van der Waals surface area contributed by atoms with Gasteiger partial charge in [-0.15, -0.1) is 0 Å². The van der Waals surface area contributed by atoms with Crippen LogP contribution >= 0.6 is 0 Å². The second-order valence-corrected chi connectivity index (χ2v) is 5.23. The van der Waals surface area contributed by atoms with Gasteiger partial charge in [-0.1, -0.05) is 13.8 Å². The van der Waals surface area contributed by atoms with Crippen LogP contribution in [0.1, 0.15) is 33.1 Å². The molecular formula is C14H21NO. The van der Waals surface area contributed by atoms with Crippen molar-refractivity contribution in [1.82, 2.24) is 0 Å². The second-order valence-electron chi connectivity index (χ2n) is 5.23. The molecule has 1 aromatic carbocycles. The Morgan fingerprint density at radius 3 is 2.12 bits per heavy atom. The van der Waals surface area contributed by atoms with E-state index in [0.29, 0.717) is 6.10 Å². The van der Waals surface area contributed by atoms with Gasteiger partial charge < -0.3 is 10.5 Å². The van der Waals surface area contributed by atoms with Crippen molar-refractivity contribution >= 4 is 5.69 Å². The van der Waals surface area contributed by atoms with E-state index in [2.05, 4.69) is 13.8 Å². The normalized spacial score (nSPS) is 30.0. The lowest BCUT2D eigenvalue weighted by Crippen LogP contribution is -2.28. The van der Waals surface area contributed by atoms with Crippen molar-refractivity contribution < 1.29 is 4.74 Å². The number of anilines is 1. The molecule has 2 nitrogen and oxygen atoms in total. The third-order valence-corrected chi connectivity index (χ3v) is 3.32. The molecule has 0 aromatic heterocycles. The smallest absolute Gasteiger partial charge is 0.119 e. The Bertz CT molecular complexity index is 323. The fraction of sp³-hybridized carbons (Fsp3) is 0.571. The van der Waals surface area contributed by atoms with Gasteiger partial charge in [0, 0.05) is 5.69 Å². The first-order valence-electron chi connectivity index (χ1n) is 6.15. The van der Waals surface area contributed by atoms with Crippen molar-refractivity contribution in [3.8, 4) is 5.75 Å². The van der Waals surface area contributed by atoms with E-state index in [-0.39, 0.29) is 0 Å². The molecule has 2 atom stereocenters. The molecule has 0 bridgehead atoms. The fourth-order valence-electron chi connectivity index (χ4n) is 2.71. The van der Waals surface area contributed by atoms with Crippen molar-refractivity contribution in [3.05, 3.63) is 24.3 Å². The Labute approximate surface area is 97.8 Å². The molecule has 1 aliphatic rings. The minimum atomic E-state index is 0.377. The highest BCUT2D eigenvalue weighted by atomic mass is 16.5. The van der Waals surface area contributed by atoms with Crippen LogP contribution in [-0.4, -0.2) is 6.10 Å². The second kappa shape index (κ2) is 4.77. The van der Waals surface area contributed by atoms with Crippen LogP contribution in [0.25, 0.3) is 0 Å². The summed E-state index contributed by atoms with van der Waals surface area (Å²) < 4.78 is 6.00. The van der Waals surface area contributed by atoms with E-state index in [4.69, 9.17) is 10.5 Å². The summed E-state index contributed by atoms with van der Waals surface area (Å²) in [5, 5.41) is 0. The van der Waals surface area contributed by atoms with Gasteiger partial charge in [-0.25, -0.2) is 0 Å². The van der Waals surface area contributed by atoms with Crippen LogP contribution in [0.3, 0.4) is 0 Å². The predicted octanol–water partition coefficient (Wildman–Crippen LogP) is 3.47. The predicted molar refractivity (Wildman–Crippen MR) is 67.4 cm³/mol. The third kappa shape index (κ3) is 2.91. The molecule has 88 valence electrons. The molecule has 1 fully saturated rings. The van der Waals surface area contributed by atoms with E-state index in [1.807, 2.05) is 24.3 Å². The van der Waals surface area contributed by atoms with E-state index >= 15 is 0 Å². The number of hydrogen-bond acceptors (Lipinski definition) is 2. The molecule has 1 aliphatic carbocycles. The van der Waals surface area contributed by atoms with Gasteiger partial charge in [0.2, 0.25) is 0 Å². The zero-order valence-corrected chi connectivity index (χ0v) is 10.1. The fourth-order valence-corrected chi connectivity index (χ4v) is 2.71. The quantitative estimate of drug-likeness (QED) is 0.773. The van der Waals surface area contributed by atoms with Crippen molar-refractivity contribution in [3.63, 3.8) is 0 Å². The van der Waals surface area contributed by atoms with Gasteiger partial charge in [0.05, 0.1) is 6.10 Å². The van der Waals surface area contributed by atoms with E-state index in [1.165, 1.54) is 19.3 Å². The summed E-state index contributed by atoms with van der Waals surface area (Å²) in [5.74, 6) is 2.51. The first-order chi connectivity index (χ1) is 7.63. The van der Waals surface area contributed by atoms with E-state index in [1.54, 1.807) is 0 Å². The number of ether oxygens (including phenoxy) is 1. The maximum atomic E-state index is 6.00. The molecule has 16 heavy (non-hydrogen) atoms. The van der Waals surface area contributed by atoms with Gasteiger partial charge in [-0.05, 0) is 55.4 Å². The number of nitrogens with two attached hydrogens (primary N) is 1. The minimum Gasteiger partial charge on any atom is -0.490 e. The third-order valence-electron chi connectivity index (χ3n) is 3.32. The topological polar surface area (TPSA) is 35.2 Å². The number of rotatable bonds is 2. The van der Waals surface area contributed by atoms with Crippen LogP contribution < -0.4 is 10.5 Å². The number of nitrogen functional groups attached to an aromatic ring is 1. The average molecular weight is 219 g/mol. The SMILES string of the molecule is CC1CC(C)CC(Oc2ccc(N)cc2)C1. The van der Waals surface area contributed by atoms with Crippen LogP contribution in [0.2, 0.25) is 0 Å². The Kier molecular flexibility index (Phi) is 3.37. The zero-order valence-electron chi connectivity index (χ0n) is 10.1. The van der Waals surface area contributed by atoms with Gasteiger partial charge in [-0.3, -0.25) is 0 Å². The Morgan fingerprint density at radius 2 is 1.56 bits per heavy atom. The summed E-state index contributed by atoms with van der Waals surface area (Å²) in [6, 6.07) is 7.70. The maximum Gasteiger partial charge on any atom is 0.119 e. The highest BCUT2D eigenvalue weighted by Crippen LogP contribution is 2.31. The molecule has 0 heterocycles. The summed E-state index contributed by atoms with van der Waals surface area (Å²) in [5.41, 5.74) is 6.44. The molecule has 0 saturated heterocycles. The molecule has 2 rings (SSSR count). The molecule has 1 saturated carbocycles. The van der Waals surface area contributed by atoms with Gasteiger partial charge >= 0.3 is 0 Å². The summed E-state index contributed by atoms with van der Waals surface area (Å²) in [6.45, 7) is 4.63. The summed E-state index contributed by atoms with van der Waals surface area (Å²) >= 11 is 0. The average Bonchev–Trinajstić information content (AvgIpc) is 2.20. The summed E-state index contributed by atoms with van der Waals surface area (Å²) in [6.07, 6.45) is 4.06. The van der Waals surface area contributed by atoms with Gasteiger partial charge in [0.1, 0.15) is 5.75 Å². The van der Waals surface area contributed by atoms with Crippen LogP contribution in [0, 0.1) is 11.8 Å². The lowest BCUT2D eigenvalue weighted by atomic mass is 9.82. The molecular weight excluding hydrogens is 198 g/mol. The molecule has 1 aromatic rings. The first-order valence-corrected chi connectivity index (χ1v) is 6.15. The monoisotopic (exact) mass is 219 g/mol. The zero-order chi connectivity index (χ0) is 11.5. The molecule has 0 spiro atoms. The Morgan fingerprint density at radius 1 is 1.00 bits per heavy atom. The van der Waals surface area contributed by atoms with E-state index in [0.717, 1.165) is 23.3 Å². The maximum absolute atomic E-state index is 6.00. The number of benzene rings is 1. The summed E-state index contributed by atoms with van der Waals surface area (Å²) in [4.78, 5) is 0. The van der Waals surface area contributed by atoms with Crippen LogP contribution in [0.15, 0.2) is 24.3 Å². The Balaban J connectivity index is 1.96. The summed E-state index contributed by atoms with van der Waals surface area (Å²) in [7, 11) is 0. The van der Waals surface area contributed by atoms with Crippen LogP contribution in [0.5, 0.6) is 5.75 Å². The van der Waals surface area contributed by atoms with Crippen molar-refractivity contribution in [2.45, 2.75) is 39.2 Å². The van der Waals surface area contributed by atoms with Gasteiger partial charge in [0.15, 0.2) is 0 Å². The van der Waals surface area contributed by atoms with E-state index < -0.39 is 0 Å². The van der Waals surface area contributed by atoms with Crippen molar-refractivity contribution in [1.29, 1.82) is 0 Å². The van der Waals surface area contributed by atoms with Crippen LogP contribution in [-0.2, 0) is 0 Å². The molecule has 0 amide bonds. The lowest BCUT2D eigenvalue weighted by Gasteiger charge is -2.31. The molecule has 0 radical (unpaired) electrons. The van der Waals surface area contributed by atoms with Gasteiger partial charge in [0.25, 0.3) is 0 Å². The van der Waals surface area contributed by atoms with Crippen molar-refractivity contribution in [2.75, 3.05) is 5.73 Å². The lowest BCUT2D eigenvalue weighted by molar-refractivity contribution is 0.101. The van der Waals surface area contributed by atoms with Crippen molar-refractivity contribution in [2.24, 2.45) is 11.8 Å². The van der Waals surface area contributed by atoms with Crippen LogP contribution in [0.4, 0.5) is 5.69 Å². The first kappa shape index (κ1) is 11.3. The molecule has 2 heteroatoms. The standard InChI is InChI=1S/C14H21NO/c1-10-7-11(2)9-14(8-10)16-13-5-3-12(15)4-6-13/h3-6,10-11,14H,7-9,15H2,1-2H3. The largest absolute Gasteiger partial charge is 0.490 e. The Hall–Kier alpha value is -1.18. The molecule has 2 N–H and O–H groups in total. The van der Waals surface area contributed by atoms with E-state index in [9.17, 15) is 0 Å².